The van der Waals surface area contributed by atoms with Crippen molar-refractivity contribution < 1.29 is 9.53 Å². The number of hydrogen-bond donors (Lipinski definition) is 0. The lowest BCUT2D eigenvalue weighted by atomic mass is 10.2. The molecule has 1 amide bonds. The van der Waals surface area contributed by atoms with Crippen LogP contribution in [0.5, 0.6) is 5.88 Å². The molecule has 1 aromatic rings. The molecule has 0 radical (unpaired) electrons. The molecule has 0 aliphatic heterocycles. The fraction of sp³-hybridized carbons (Fsp3) is 0.500. The van der Waals surface area contributed by atoms with Gasteiger partial charge in [-0.3, -0.25) is 4.79 Å². The second kappa shape index (κ2) is 5.49. The summed E-state index contributed by atoms with van der Waals surface area (Å²) in [5.74, 6) is 0.965. The summed E-state index contributed by atoms with van der Waals surface area (Å²) in [6.07, 6.45) is 1.54. The lowest BCUT2D eigenvalue weighted by molar-refractivity contribution is 0.0778. The van der Waals surface area contributed by atoms with E-state index in [1.807, 2.05) is 0 Å². The number of hydrogen-bond acceptors (Lipinski definition) is 3. The minimum atomic E-state index is -0.0103. The highest BCUT2D eigenvalue weighted by molar-refractivity contribution is 5.93. The summed E-state index contributed by atoms with van der Waals surface area (Å²) < 4.78 is 4.94. The highest BCUT2D eigenvalue weighted by Gasteiger charge is 2.12. The number of aromatic nitrogens is 1. The highest BCUT2D eigenvalue weighted by atomic mass is 16.5. The Bertz CT molecular complexity index is 347. The molecule has 1 heterocycles. The second-order valence-corrected chi connectivity index (χ2v) is 4.17. The zero-order valence-corrected chi connectivity index (χ0v) is 10.2. The fourth-order valence-corrected chi connectivity index (χ4v) is 1.48. The van der Waals surface area contributed by atoms with Crippen LogP contribution in [0.1, 0.15) is 24.2 Å². The Morgan fingerprint density at radius 3 is 2.62 bits per heavy atom. The van der Waals surface area contributed by atoms with E-state index in [4.69, 9.17) is 4.74 Å². The van der Waals surface area contributed by atoms with Gasteiger partial charge in [0, 0.05) is 25.9 Å². The van der Waals surface area contributed by atoms with E-state index in [1.165, 1.54) is 6.20 Å². The number of rotatable bonds is 4. The van der Waals surface area contributed by atoms with Gasteiger partial charge in [0.15, 0.2) is 0 Å². The van der Waals surface area contributed by atoms with Gasteiger partial charge in [-0.2, -0.15) is 0 Å². The molecule has 16 heavy (non-hydrogen) atoms. The summed E-state index contributed by atoms with van der Waals surface area (Å²) in [4.78, 5) is 17.6. The van der Waals surface area contributed by atoms with Gasteiger partial charge in [-0.15, -0.1) is 0 Å². The van der Waals surface area contributed by atoms with Gasteiger partial charge in [0.25, 0.3) is 5.91 Å². The lowest BCUT2D eigenvalue weighted by Crippen LogP contribution is -2.30. The van der Waals surface area contributed by atoms with Crippen LogP contribution in [0.25, 0.3) is 0 Å². The fourth-order valence-electron chi connectivity index (χ4n) is 1.48. The minimum absolute atomic E-state index is 0.0103. The number of nitrogens with zero attached hydrogens (tertiary/aromatic N) is 2. The van der Waals surface area contributed by atoms with Crippen molar-refractivity contribution in [3.63, 3.8) is 0 Å². The predicted molar refractivity (Wildman–Crippen MR) is 62.6 cm³/mol. The molecule has 0 aromatic carbocycles. The first-order valence-corrected chi connectivity index (χ1v) is 5.30. The minimum Gasteiger partial charge on any atom is -0.481 e. The van der Waals surface area contributed by atoms with E-state index in [1.54, 1.807) is 31.2 Å². The first-order chi connectivity index (χ1) is 7.54. The summed E-state index contributed by atoms with van der Waals surface area (Å²) in [6, 6.07) is 3.42. The molecular formula is C12H18N2O2. The van der Waals surface area contributed by atoms with Gasteiger partial charge >= 0.3 is 0 Å². The highest BCUT2D eigenvalue weighted by Crippen LogP contribution is 2.09. The summed E-state index contributed by atoms with van der Waals surface area (Å²) in [5, 5.41) is 0. The van der Waals surface area contributed by atoms with Crippen molar-refractivity contribution in [3.05, 3.63) is 23.9 Å². The van der Waals surface area contributed by atoms with Crippen LogP contribution in [0.2, 0.25) is 0 Å². The molecule has 4 heteroatoms. The largest absolute Gasteiger partial charge is 0.481 e. The molecule has 0 atom stereocenters. The molecule has 0 aliphatic carbocycles. The SMILES string of the molecule is COc1ccc(C(=O)N(C)CC(C)C)cn1. The number of methoxy groups -OCH3 is 1. The summed E-state index contributed by atoms with van der Waals surface area (Å²) in [5.41, 5.74) is 0.587. The first kappa shape index (κ1) is 12.5. The topological polar surface area (TPSA) is 42.4 Å². The van der Waals surface area contributed by atoms with Crippen molar-refractivity contribution >= 4 is 5.91 Å². The normalized spacial score (nSPS) is 10.3. The average molecular weight is 222 g/mol. The van der Waals surface area contributed by atoms with Crippen molar-refractivity contribution in [2.75, 3.05) is 20.7 Å². The Morgan fingerprint density at radius 2 is 2.19 bits per heavy atom. The maximum absolute atomic E-state index is 11.9. The number of amides is 1. The maximum Gasteiger partial charge on any atom is 0.255 e. The van der Waals surface area contributed by atoms with Gasteiger partial charge in [-0.05, 0) is 12.0 Å². The van der Waals surface area contributed by atoms with Crippen LogP contribution >= 0.6 is 0 Å². The van der Waals surface area contributed by atoms with Gasteiger partial charge in [0.05, 0.1) is 12.7 Å². The third-order valence-electron chi connectivity index (χ3n) is 2.18. The van der Waals surface area contributed by atoms with Crippen LogP contribution in [0.3, 0.4) is 0 Å². The van der Waals surface area contributed by atoms with Crippen LogP contribution in [0.4, 0.5) is 0 Å². The van der Waals surface area contributed by atoms with Gasteiger partial charge in [-0.1, -0.05) is 13.8 Å². The number of carbonyl (C=O) groups excluding carboxylic acids is 1. The Morgan fingerprint density at radius 1 is 1.50 bits per heavy atom. The molecule has 0 bridgehead atoms. The van der Waals surface area contributed by atoms with Gasteiger partial charge < -0.3 is 9.64 Å². The van der Waals surface area contributed by atoms with Crippen LogP contribution in [-0.2, 0) is 0 Å². The zero-order chi connectivity index (χ0) is 12.1. The Labute approximate surface area is 96.2 Å². The average Bonchev–Trinajstić information content (AvgIpc) is 2.27. The molecule has 0 spiro atoms. The summed E-state index contributed by atoms with van der Waals surface area (Å²) in [7, 11) is 3.35. The molecule has 88 valence electrons. The summed E-state index contributed by atoms with van der Waals surface area (Å²) in [6.45, 7) is 4.90. The molecule has 1 rings (SSSR count). The van der Waals surface area contributed by atoms with Gasteiger partial charge in [0.1, 0.15) is 0 Å². The monoisotopic (exact) mass is 222 g/mol. The van der Waals surface area contributed by atoms with Crippen molar-refractivity contribution in [1.29, 1.82) is 0 Å². The standard InChI is InChI=1S/C12H18N2O2/c1-9(2)8-14(3)12(15)10-5-6-11(16-4)13-7-10/h5-7,9H,8H2,1-4H3. The van der Waals surface area contributed by atoms with Crippen molar-refractivity contribution in [2.24, 2.45) is 5.92 Å². The molecule has 0 aliphatic rings. The van der Waals surface area contributed by atoms with Gasteiger partial charge in [0.2, 0.25) is 5.88 Å². The van der Waals surface area contributed by atoms with E-state index in [2.05, 4.69) is 18.8 Å². The molecule has 0 fully saturated rings. The number of ether oxygens (including phenoxy) is 1. The molecule has 0 saturated carbocycles. The van der Waals surface area contributed by atoms with Crippen LogP contribution < -0.4 is 4.74 Å². The van der Waals surface area contributed by atoms with E-state index in [-0.39, 0.29) is 5.91 Å². The third-order valence-corrected chi connectivity index (χ3v) is 2.18. The molecule has 0 saturated heterocycles. The second-order valence-electron chi connectivity index (χ2n) is 4.17. The quantitative estimate of drug-likeness (QED) is 0.780. The molecule has 0 unspecified atom stereocenters. The third kappa shape index (κ3) is 3.22. The van der Waals surface area contributed by atoms with E-state index in [0.29, 0.717) is 17.4 Å². The van der Waals surface area contributed by atoms with E-state index >= 15 is 0 Å². The number of carbonyl (C=O) groups is 1. The first-order valence-electron chi connectivity index (χ1n) is 5.30. The zero-order valence-electron chi connectivity index (χ0n) is 10.2. The summed E-state index contributed by atoms with van der Waals surface area (Å²) >= 11 is 0. The Balaban J connectivity index is 2.72. The molecule has 0 N–H and O–H groups in total. The Hall–Kier alpha value is -1.58. The predicted octanol–water partition coefficient (Wildman–Crippen LogP) is 1.82. The Kier molecular flexibility index (Phi) is 4.28. The lowest BCUT2D eigenvalue weighted by Gasteiger charge is -2.19. The van der Waals surface area contributed by atoms with Crippen LogP contribution in [0.15, 0.2) is 18.3 Å². The van der Waals surface area contributed by atoms with Crippen LogP contribution in [-0.4, -0.2) is 36.5 Å². The van der Waals surface area contributed by atoms with E-state index < -0.39 is 0 Å². The molecular weight excluding hydrogens is 204 g/mol. The molecule has 4 nitrogen and oxygen atoms in total. The van der Waals surface area contributed by atoms with Crippen molar-refractivity contribution in [3.8, 4) is 5.88 Å². The number of pyridine rings is 1. The molecule has 1 aromatic heterocycles. The van der Waals surface area contributed by atoms with Crippen LogP contribution in [0, 0.1) is 5.92 Å². The van der Waals surface area contributed by atoms with E-state index in [0.717, 1.165) is 6.54 Å². The van der Waals surface area contributed by atoms with Crippen molar-refractivity contribution in [1.82, 2.24) is 9.88 Å². The van der Waals surface area contributed by atoms with E-state index in [9.17, 15) is 4.79 Å². The maximum atomic E-state index is 11.9. The smallest absolute Gasteiger partial charge is 0.255 e. The van der Waals surface area contributed by atoms with Gasteiger partial charge in [-0.25, -0.2) is 4.98 Å². The van der Waals surface area contributed by atoms with Crippen molar-refractivity contribution in [2.45, 2.75) is 13.8 Å².